The molecule has 7 heteroatoms. The topological polar surface area (TPSA) is 83.8 Å². The number of hydrogen-bond acceptors (Lipinski definition) is 6. The molecular weight excluding hydrogens is 322 g/mol. The van der Waals surface area contributed by atoms with Crippen LogP contribution in [0.25, 0.3) is 0 Å². The zero-order valence-corrected chi connectivity index (χ0v) is 14.6. The van der Waals surface area contributed by atoms with Crippen LogP contribution in [0, 0.1) is 11.3 Å². The maximum Gasteiger partial charge on any atom is 0.234 e. The van der Waals surface area contributed by atoms with Crippen LogP contribution in [0.3, 0.4) is 0 Å². The second-order valence-electron chi connectivity index (χ2n) is 5.71. The molecule has 1 aromatic rings. The molecule has 1 amide bonds. The molecule has 0 unspecified atom stereocenters. The van der Waals surface area contributed by atoms with E-state index in [1.165, 1.54) is 0 Å². The van der Waals surface area contributed by atoms with Crippen LogP contribution in [0.1, 0.15) is 12.0 Å². The van der Waals surface area contributed by atoms with Crippen LogP contribution < -0.4 is 14.8 Å². The molecule has 1 fully saturated rings. The van der Waals surface area contributed by atoms with Crippen molar-refractivity contribution in [3.05, 3.63) is 23.8 Å². The lowest BCUT2D eigenvalue weighted by molar-refractivity contribution is -0.120. The summed E-state index contributed by atoms with van der Waals surface area (Å²) in [6.45, 7) is 5.30. The molecule has 0 spiro atoms. The highest BCUT2D eigenvalue weighted by Gasteiger charge is 2.11. The third-order valence-corrected chi connectivity index (χ3v) is 4.00. The number of carbonyl (C=O) groups is 1. The highest BCUT2D eigenvalue weighted by molar-refractivity contribution is 5.77. The molecule has 1 aliphatic heterocycles. The molecular formula is C18H25N3O4. The van der Waals surface area contributed by atoms with Crippen molar-refractivity contribution in [2.75, 3.05) is 53.1 Å². The van der Waals surface area contributed by atoms with E-state index in [9.17, 15) is 4.79 Å². The number of amides is 1. The van der Waals surface area contributed by atoms with E-state index < -0.39 is 0 Å². The lowest BCUT2D eigenvalue weighted by atomic mass is 10.1. The Morgan fingerprint density at radius 2 is 2.20 bits per heavy atom. The number of hydrogen-bond donors (Lipinski definition) is 1. The van der Waals surface area contributed by atoms with E-state index in [0.29, 0.717) is 19.6 Å². The van der Waals surface area contributed by atoms with Crippen LogP contribution in [0.4, 0.5) is 0 Å². The predicted molar refractivity (Wildman–Crippen MR) is 92.7 cm³/mol. The Morgan fingerprint density at radius 3 is 2.92 bits per heavy atom. The minimum absolute atomic E-state index is 0.120. The van der Waals surface area contributed by atoms with Crippen LogP contribution in [-0.2, 0) is 16.0 Å². The summed E-state index contributed by atoms with van der Waals surface area (Å²) in [5, 5.41) is 11.2. The standard InChI is InChI=1S/C18H25N3O4/c1-23-16-3-2-15(5-7-20-18(22)4-6-19)17(14-16)25-13-10-21-8-11-24-12-9-21/h2-3,14H,4-5,7-13H2,1H3,(H,20,22). The first-order valence-corrected chi connectivity index (χ1v) is 8.46. The average molecular weight is 347 g/mol. The Morgan fingerprint density at radius 1 is 1.40 bits per heavy atom. The molecule has 0 aliphatic carbocycles. The van der Waals surface area contributed by atoms with Crippen LogP contribution >= 0.6 is 0 Å². The van der Waals surface area contributed by atoms with Gasteiger partial charge in [-0.1, -0.05) is 6.07 Å². The fourth-order valence-electron chi connectivity index (χ4n) is 2.58. The number of carbonyl (C=O) groups excluding carboxylic acids is 1. The van der Waals surface area contributed by atoms with E-state index >= 15 is 0 Å². The highest BCUT2D eigenvalue weighted by atomic mass is 16.5. The van der Waals surface area contributed by atoms with Gasteiger partial charge >= 0.3 is 0 Å². The highest BCUT2D eigenvalue weighted by Crippen LogP contribution is 2.25. The number of benzene rings is 1. The molecule has 1 aliphatic rings. The van der Waals surface area contributed by atoms with Gasteiger partial charge in [-0.05, 0) is 18.1 Å². The quantitative estimate of drug-likeness (QED) is 0.717. The Labute approximate surface area is 148 Å². The van der Waals surface area contributed by atoms with Gasteiger partial charge in [-0.25, -0.2) is 0 Å². The largest absolute Gasteiger partial charge is 0.497 e. The van der Waals surface area contributed by atoms with Gasteiger partial charge < -0.3 is 19.5 Å². The maximum atomic E-state index is 11.4. The Balaban J connectivity index is 1.87. The SMILES string of the molecule is COc1ccc(CCNC(=O)CC#N)c(OCCN2CCOCC2)c1. The van der Waals surface area contributed by atoms with Gasteiger partial charge in [0, 0.05) is 32.2 Å². The summed E-state index contributed by atoms with van der Waals surface area (Å²) in [6, 6.07) is 7.52. The van der Waals surface area contributed by atoms with Crippen molar-refractivity contribution in [1.82, 2.24) is 10.2 Å². The number of rotatable bonds is 9. The molecule has 25 heavy (non-hydrogen) atoms. The third-order valence-electron chi connectivity index (χ3n) is 4.00. The molecule has 0 saturated carbocycles. The molecule has 1 aromatic carbocycles. The van der Waals surface area contributed by atoms with Gasteiger partial charge in [0.05, 0.1) is 26.4 Å². The van der Waals surface area contributed by atoms with Gasteiger partial charge in [-0.3, -0.25) is 9.69 Å². The van der Waals surface area contributed by atoms with Crippen LogP contribution in [0.5, 0.6) is 11.5 Å². The molecule has 0 radical (unpaired) electrons. The summed E-state index contributed by atoms with van der Waals surface area (Å²) in [6.07, 6.45) is 0.513. The van der Waals surface area contributed by atoms with E-state index in [1.54, 1.807) is 7.11 Å². The lowest BCUT2D eigenvalue weighted by Crippen LogP contribution is -2.38. The van der Waals surface area contributed by atoms with E-state index in [-0.39, 0.29) is 12.3 Å². The summed E-state index contributed by atoms with van der Waals surface area (Å²) in [5.74, 6) is 1.24. The lowest BCUT2D eigenvalue weighted by Gasteiger charge is -2.26. The molecule has 2 rings (SSSR count). The molecule has 0 atom stereocenters. The summed E-state index contributed by atoms with van der Waals surface area (Å²) in [4.78, 5) is 13.7. The van der Waals surface area contributed by atoms with Gasteiger partial charge in [-0.15, -0.1) is 0 Å². The minimum atomic E-state index is -0.259. The van der Waals surface area contributed by atoms with Crippen LogP contribution in [-0.4, -0.2) is 63.9 Å². The van der Waals surface area contributed by atoms with Crippen LogP contribution in [0.2, 0.25) is 0 Å². The van der Waals surface area contributed by atoms with Gasteiger partial charge in [0.1, 0.15) is 24.5 Å². The zero-order valence-electron chi connectivity index (χ0n) is 14.6. The summed E-state index contributed by atoms with van der Waals surface area (Å²) in [5.41, 5.74) is 1.00. The normalized spacial score (nSPS) is 14.6. The summed E-state index contributed by atoms with van der Waals surface area (Å²) in [7, 11) is 1.62. The van der Waals surface area contributed by atoms with E-state index in [2.05, 4.69) is 10.2 Å². The Bertz CT molecular complexity index is 594. The van der Waals surface area contributed by atoms with Crippen molar-refractivity contribution >= 4 is 5.91 Å². The Hall–Kier alpha value is -2.30. The fraction of sp³-hybridized carbons (Fsp3) is 0.556. The smallest absolute Gasteiger partial charge is 0.234 e. The van der Waals surface area contributed by atoms with Crippen molar-refractivity contribution in [1.29, 1.82) is 5.26 Å². The third kappa shape index (κ3) is 6.61. The van der Waals surface area contributed by atoms with Gasteiger partial charge in [-0.2, -0.15) is 5.26 Å². The number of nitrogens with one attached hydrogen (secondary N) is 1. The first-order valence-electron chi connectivity index (χ1n) is 8.46. The van der Waals surface area contributed by atoms with Gasteiger partial charge in [0.25, 0.3) is 0 Å². The zero-order chi connectivity index (χ0) is 17.9. The van der Waals surface area contributed by atoms with Crippen molar-refractivity contribution in [3.8, 4) is 17.6 Å². The summed E-state index contributed by atoms with van der Waals surface area (Å²) < 4.78 is 16.6. The molecule has 0 bridgehead atoms. The predicted octanol–water partition coefficient (Wildman–Crippen LogP) is 0.979. The molecule has 1 heterocycles. The second-order valence-corrected chi connectivity index (χ2v) is 5.71. The molecule has 0 aromatic heterocycles. The molecule has 1 saturated heterocycles. The average Bonchev–Trinajstić information content (AvgIpc) is 2.64. The van der Waals surface area contributed by atoms with Crippen molar-refractivity contribution in [3.63, 3.8) is 0 Å². The number of morpholine rings is 1. The molecule has 7 nitrogen and oxygen atoms in total. The fourth-order valence-corrected chi connectivity index (χ4v) is 2.58. The monoisotopic (exact) mass is 347 g/mol. The van der Waals surface area contributed by atoms with Crippen molar-refractivity contribution in [2.24, 2.45) is 0 Å². The Kier molecular flexibility index (Phi) is 8.02. The van der Waals surface area contributed by atoms with Crippen molar-refractivity contribution in [2.45, 2.75) is 12.8 Å². The maximum absolute atomic E-state index is 11.4. The van der Waals surface area contributed by atoms with Crippen LogP contribution in [0.15, 0.2) is 18.2 Å². The first kappa shape index (κ1) is 19.0. The van der Waals surface area contributed by atoms with Crippen molar-refractivity contribution < 1.29 is 19.0 Å². The van der Waals surface area contributed by atoms with E-state index in [4.69, 9.17) is 19.5 Å². The van der Waals surface area contributed by atoms with E-state index in [1.807, 2.05) is 24.3 Å². The van der Waals surface area contributed by atoms with Gasteiger partial charge in [0.15, 0.2) is 0 Å². The number of nitrogens with zero attached hydrogens (tertiary/aromatic N) is 2. The molecule has 1 N–H and O–H groups in total. The number of ether oxygens (including phenoxy) is 3. The van der Waals surface area contributed by atoms with Gasteiger partial charge in [0.2, 0.25) is 5.91 Å². The first-order chi connectivity index (χ1) is 12.2. The second kappa shape index (κ2) is 10.5. The number of methoxy groups -OCH3 is 1. The minimum Gasteiger partial charge on any atom is -0.497 e. The number of nitriles is 1. The molecule has 136 valence electrons. The van der Waals surface area contributed by atoms with E-state index in [0.717, 1.165) is 49.9 Å². The summed E-state index contributed by atoms with van der Waals surface area (Å²) >= 11 is 0.